The lowest BCUT2D eigenvalue weighted by molar-refractivity contribution is -0.138. The lowest BCUT2D eigenvalue weighted by Crippen LogP contribution is -2.35. The zero-order valence-corrected chi connectivity index (χ0v) is 10.2. The first kappa shape index (κ1) is 15.2. The van der Waals surface area contributed by atoms with Gasteiger partial charge in [0.05, 0.1) is 12.1 Å². The maximum absolute atomic E-state index is 13.9. The van der Waals surface area contributed by atoms with Crippen LogP contribution in [0.3, 0.4) is 0 Å². The van der Waals surface area contributed by atoms with Crippen LogP contribution in [-0.2, 0) is 18.6 Å². The second-order valence-electron chi connectivity index (χ2n) is 4.10. The third kappa shape index (κ3) is 3.29. The molecule has 0 aliphatic heterocycles. The average Bonchev–Trinajstić information content (AvgIpc) is 2.90. The van der Waals surface area contributed by atoms with Gasteiger partial charge in [0, 0.05) is 6.20 Å². The van der Waals surface area contributed by atoms with E-state index in [4.69, 9.17) is 0 Å². The second-order valence-corrected chi connectivity index (χ2v) is 4.10. The first-order valence-corrected chi connectivity index (χ1v) is 5.51. The van der Waals surface area contributed by atoms with Gasteiger partial charge in [0.15, 0.2) is 0 Å². The summed E-state index contributed by atoms with van der Waals surface area (Å²) in [5.74, 6) is -3.85. The van der Waals surface area contributed by atoms with Crippen LogP contribution in [-0.4, -0.2) is 36.4 Å². The molecule has 21 heavy (non-hydrogen) atoms. The Bertz CT molecular complexity index is 583. The molecule has 0 amide bonds. The van der Waals surface area contributed by atoms with Crippen LogP contribution in [0, 0.1) is 0 Å². The van der Waals surface area contributed by atoms with Crippen molar-refractivity contribution in [2.45, 2.75) is 24.7 Å². The van der Waals surface area contributed by atoms with Gasteiger partial charge in [-0.2, -0.15) is 22.0 Å². The Morgan fingerprint density at radius 1 is 1.19 bits per heavy atom. The van der Waals surface area contributed by atoms with Crippen molar-refractivity contribution in [1.29, 1.82) is 0 Å². The van der Waals surface area contributed by atoms with Crippen LogP contribution in [0.4, 0.5) is 22.0 Å². The van der Waals surface area contributed by atoms with Gasteiger partial charge in [0.25, 0.3) is 0 Å². The molecule has 0 aliphatic rings. The van der Waals surface area contributed by atoms with Crippen molar-refractivity contribution in [2.24, 2.45) is 0 Å². The largest absolute Gasteiger partial charge is 0.417 e. The van der Waals surface area contributed by atoms with Crippen molar-refractivity contribution >= 4 is 0 Å². The van der Waals surface area contributed by atoms with Crippen LogP contribution < -0.4 is 0 Å². The number of aliphatic hydroxyl groups is 1. The minimum absolute atomic E-state index is 0.285. The van der Waals surface area contributed by atoms with E-state index in [0.717, 1.165) is 11.0 Å². The number of rotatable bonds is 4. The summed E-state index contributed by atoms with van der Waals surface area (Å²) in [6.07, 6.45) is -5.62. The monoisotopic (exact) mass is 309 g/mol. The normalized spacial score (nSPS) is 14.2. The maximum atomic E-state index is 13.9. The Kier molecular flexibility index (Phi) is 3.85. The van der Waals surface area contributed by atoms with E-state index >= 15 is 0 Å². The van der Waals surface area contributed by atoms with E-state index in [1.165, 1.54) is 0 Å². The Morgan fingerprint density at radius 3 is 2.38 bits per heavy atom. The summed E-state index contributed by atoms with van der Waals surface area (Å²) in [6.45, 7) is -0.636. The van der Waals surface area contributed by atoms with Gasteiger partial charge in [0.2, 0.25) is 0 Å². The van der Waals surface area contributed by atoms with Crippen molar-refractivity contribution in [2.75, 3.05) is 0 Å². The lowest BCUT2D eigenvalue weighted by atomic mass is 10.1. The lowest BCUT2D eigenvalue weighted by Gasteiger charge is -2.21. The molecule has 2 rings (SSSR count). The first-order valence-electron chi connectivity index (χ1n) is 5.51. The minimum Gasteiger partial charge on any atom is -0.384 e. The predicted molar refractivity (Wildman–Crippen MR) is 57.0 cm³/mol. The fraction of sp³-hybridized carbons (Fsp3) is 0.400. The van der Waals surface area contributed by atoms with E-state index in [2.05, 4.69) is 20.5 Å². The smallest absolute Gasteiger partial charge is 0.384 e. The van der Waals surface area contributed by atoms with Crippen LogP contribution in [0.25, 0.3) is 0 Å². The Labute approximate surface area is 114 Å². The number of tetrazole rings is 1. The molecule has 11 heteroatoms. The number of halogens is 5. The van der Waals surface area contributed by atoms with E-state index in [9.17, 15) is 27.1 Å². The molecule has 0 aliphatic carbocycles. The van der Waals surface area contributed by atoms with Crippen LogP contribution in [0.5, 0.6) is 0 Å². The van der Waals surface area contributed by atoms with Gasteiger partial charge >= 0.3 is 12.1 Å². The number of aromatic nitrogens is 5. The summed E-state index contributed by atoms with van der Waals surface area (Å²) < 4.78 is 65.6. The molecule has 0 fully saturated rings. The molecule has 0 radical (unpaired) electrons. The second kappa shape index (κ2) is 5.31. The molecule has 0 spiro atoms. The van der Waals surface area contributed by atoms with Crippen LogP contribution in [0.15, 0.2) is 24.7 Å². The third-order valence-corrected chi connectivity index (χ3v) is 2.60. The summed E-state index contributed by atoms with van der Waals surface area (Å²) in [5.41, 5.74) is -2.13. The zero-order chi connectivity index (χ0) is 15.7. The Balaban J connectivity index is 2.18. The molecule has 1 unspecified atom stereocenters. The molecule has 114 valence electrons. The summed E-state index contributed by atoms with van der Waals surface area (Å²) in [4.78, 5) is 3.08. The van der Waals surface area contributed by atoms with Crippen LogP contribution in [0.2, 0.25) is 0 Å². The summed E-state index contributed by atoms with van der Waals surface area (Å²) in [5, 5.41) is 19.2. The van der Waals surface area contributed by atoms with Gasteiger partial charge < -0.3 is 5.11 Å². The van der Waals surface area contributed by atoms with Crippen molar-refractivity contribution in [3.05, 3.63) is 35.9 Å². The summed E-state index contributed by atoms with van der Waals surface area (Å²) in [6, 6.07) is 0.992. The Hall–Kier alpha value is -2.17. The van der Waals surface area contributed by atoms with Gasteiger partial charge in [-0.25, -0.2) is 4.68 Å². The molecule has 0 aromatic carbocycles. The van der Waals surface area contributed by atoms with Crippen molar-refractivity contribution in [1.82, 2.24) is 25.2 Å². The first-order chi connectivity index (χ1) is 9.71. The highest BCUT2D eigenvalue weighted by Gasteiger charge is 2.43. The number of alkyl halides is 5. The molecule has 1 N–H and O–H groups in total. The van der Waals surface area contributed by atoms with Gasteiger partial charge in [-0.05, 0) is 22.6 Å². The third-order valence-electron chi connectivity index (χ3n) is 2.60. The summed E-state index contributed by atoms with van der Waals surface area (Å²) >= 11 is 0. The van der Waals surface area contributed by atoms with Gasteiger partial charge in [-0.15, -0.1) is 5.10 Å². The molecule has 2 heterocycles. The highest BCUT2D eigenvalue weighted by Crippen LogP contribution is 2.33. The van der Waals surface area contributed by atoms with Crippen LogP contribution >= 0.6 is 0 Å². The maximum Gasteiger partial charge on any atom is 0.417 e. The number of hydrogen-bond donors (Lipinski definition) is 1. The highest BCUT2D eigenvalue weighted by molar-refractivity contribution is 5.20. The summed E-state index contributed by atoms with van der Waals surface area (Å²) in [7, 11) is 0. The van der Waals surface area contributed by atoms with Crippen LogP contribution in [0.1, 0.15) is 11.3 Å². The number of pyridine rings is 1. The molecule has 0 bridgehead atoms. The molecule has 2 aromatic rings. The fourth-order valence-corrected chi connectivity index (χ4v) is 1.49. The van der Waals surface area contributed by atoms with Gasteiger partial charge in [-0.3, -0.25) is 4.98 Å². The minimum atomic E-state index is -4.67. The quantitative estimate of drug-likeness (QED) is 0.860. The van der Waals surface area contributed by atoms with E-state index in [1.54, 1.807) is 0 Å². The molecule has 6 nitrogen and oxygen atoms in total. The number of aliphatic hydroxyl groups excluding tert-OH is 1. The van der Waals surface area contributed by atoms with Gasteiger partial charge in [0.1, 0.15) is 18.1 Å². The number of nitrogens with zero attached hydrogens (tertiary/aromatic N) is 5. The van der Waals surface area contributed by atoms with E-state index in [-0.39, 0.29) is 6.20 Å². The Morgan fingerprint density at radius 2 is 1.90 bits per heavy atom. The molecular formula is C10H8F5N5O. The molecular weight excluding hydrogens is 301 g/mol. The average molecular weight is 309 g/mol. The van der Waals surface area contributed by atoms with E-state index in [1.807, 2.05) is 0 Å². The van der Waals surface area contributed by atoms with Crippen molar-refractivity contribution < 1.29 is 27.1 Å². The van der Waals surface area contributed by atoms with E-state index in [0.29, 0.717) is 12.1 Å². The van der Waals surface area contributed by atoms with Gasteiger partial charge in [-0.1, -0.05) is 0 Å². The topological polar surface area (TPSA) is 76.7 Å². The SMILES string of the molecule is OC(Cn1cnnn1)C(F)(F)c1ccc(C(F)(F)F)cn1. The standard InChI is InChI=1S/C10H8F5N5O/c11-9(12,8(21)4-20-5-17-18-19-20)7-2-1-6(3-16-7)10(13,14)15/h1-3,5,8,21H,4H2. The van der Waals surface area contributed by atoms with E-state index < -0.39 is 36.0 Å². The van der Waals surface area contributed by atoms with Crippen molar-refractivity contribution in [3.63, 3.8) is 0 Å². The zero-order valence-electron chi connectivity index (χ0n) is 10.2. The molecule has 1 atom stereocenters. The molecule has 2 aromatic heterocycles. The molecule has 0 saturated carbocycles. The molecule has 0 saturated heterocycles. The number of hydrogen-bond acceptors (Lipinski definition) is 5. The van der Waals surface area contributed by atoms with Crippen molar-refractivity contribution in [3.8, 4) is 0 Å². The highest BCUT2D eigenvalue weighted by atomic mass is 19.4. The fourth-order valence-electron chi connectivity index (χ4n) is 1.49. The predicted octanol–water partition coefficient (Wildman–Crippen LogP) is 1.24.